The molecule has 0 aromatic heterocycles. The minimum absolute atomic E-state index is 0.00730. The lowest BCUT2D eigenvalue weighted by molar-refractivity contribution is -0.145. The van der Waals surface area contributed by atoms with E-state index in [2.05, 4.69) is 10.6 Å². The van der Waals surface area contributed by atoms with Crippen molar-refractivity contribution in [3.63, 3.8) is 0 Å². The van der Waals surface area contributed by atoms with Gasteiger partial charge in [0.15, 0.2) is 0 Å². The number of nitrogens with one attached hydrogen (secondary N) is 2. The molecule has 0 radical (unpaired) electrons. The first-order valence-electron chi connectivity index (χ1n) is 12.5. The molecule has 3 amide bonds. The Kier molecular flexibility index (Phi) is 7.76. The van der Waals surface area contributed by atoms with Crippen molar-refractivity contribution in [2.24, 2.45) is 11.1 Å². The van der Waals surface area contributed by atoms with Crippen molar-refractivity contribution in [2.75, 3.05) is 26.2 Å². The molecule has 2 aromatic rings. The summed E-state index contributed by atoms with van der Waals surface area (Å²) in [5, 5.41) is 5.83. The highest BCUT2D eigenvalue weighted by Gasteiger charge is 2.53. The van der Waals surface area contributed by atoms with Gasteiger partial charge in [-0.1, -0.05) is 60.7 Å². The fourth-order valence-corrected chi connectivity index (χ4v) is 5.20. The lowest BCUT2D eigenvalue weighted by Gasteiger charge is -2.43. The van der Waals surface area contributed by atoms with E-state index in [9.17, 15) is 14.4 Å². The monoisotopic (exact) mass is 492 g/mol. The van der Waals surface area contributed by atoms with Crippen LogP contribution in [0.3, 0.4) is 0 Å². The van der Waals surface area contributed by atoms with Crippen molar-refractivity contribution in [2.45, 2.75) is 50.8 Å². The van der Waals surface area contributed by atoms with Gasteiger partial charge >= 0.3 is 0 Å². The second-order valence-electron chi connectivity index (χ2n) is 10.4. The number of nitrogens with zero attached hydrogens (tertiary/aromatic N) is 1. The summed E-state index contributed by atoms with van der Waals surface area (Å²) < 4.78 is 5.85. The number of benzene rings is 2. The van der Waals surface area contributed by atoms with Crippen molar-refractivity contribution in [3.8, 4) is 0 Å². The zero-order valence-electron chi connectivity index (χ0n) is 21.0. The van der Waals surface area contributed by atoms with Crippen LogP contribution in [0.2, 0.25) is 0 Å². The van der Waals surface area contributed by atoms with Crippen LogP contribution in [0.15, 0.2) is 60.7 Å². The fraction of sp³-hybridized carbons (Fsp3) is 0.464. The number of rotatable bonds is 8. The van der Waals surface area contributed by atoms with E-state index in [1.165, 1.54) is 0 Å². The van der Waals surface area contributed by atoms with E-state index in [0.29, 0.717) is 39.1 Å². The molecule has 0 aliphatic carbocycles. The molecule has 4 rings (SSSR count). The molecule has 2 saturated heterocycles. The van der Waals surface area contributed by atoms with Crippen LogP contribution in [-0.2, 0) is 25.7 Å². The quantitative estimate of drug-likeness (QED) is 0.521. The first kappa shape index (κ1) is 25.9. The van der Waals surface area contributed by atoms with Crippen LogP contribution < -0.4 is 16.4 Å². The lowest BCUT2D eigenvalue weighted by Crippen LogP contribution is -2.60. The van der Waals surface area contributed by atoms with E-state index < -0.39 is 22.9 Å². The zero-order valence-corrected chi connectivity index (χ0v) is 21.0. The van der Waals surface area contributed by atoms with Crippen molar-refractivity contribution < 1.29 is 19.1 Å². The number of carbonyl (C=O) groups excluding carboxylic acids is 3. The third-order valence-corrected chi connectivity index (χ3v) is 7.21. The molecule has 2 aliphatic heterocycles. The molecule has 3 unspecified atom stereocenters. The SMILES string of the molecule is CC(C)(N)C(=O)NC(COCc1ccccc1)C(=O)N1CCCC2(C1)C(=O)NCC2c1ccccc1. The summed E-state index contributed by atoms with van der Waals surface area (Å²) in [7, 11) is 0. The third-order valence-electron chi connectivity index (χ3n) is 7.21. The molecule has 8 heteroatoms. The Hall–Kier alpha value is -3.23. The standard InChI is InChI=1S/C28H36N4O4/c1-27(2,29)25(34)31-23(18-36-17-20-10-5-3-6-11-20)24(33)32-15-9-14-28(19-32)22(16-30-26(28)35)21-12-7-4-8-13-21/h3-8,10-13,22-23H,9,14-19,29H2,1-2H3,(H,30,35)(H,31,34). The molecule has 8 nitrogen and oxygen atoms in total. The predicted molar refractivity (Wildman–Crippen MR) is 137 cm³/mol. The molecule has 2 aliphatic rings. The van der Waals surface area contributed by atoms with E-state index in [0.717, 1.165) is 11.1 Å². The summed E-state index contributed by atoms with van der Waals surface area (Å²) in [6, 6.07) is 18.7. The van der Waals surface area contributed by atoms with Gasteiger partial charge in [0, 0.05) is 25.6 Å². The van der Waals surface area contributed by atoms with Crippen molar-refractivity contribution >= 4 is 17.7 Å². The average Bonchev–Trinajstić information content (AvgIpc) is 3.18. The Morgan fingerprint density at radius 1 is 1.17 bits per heavy atom. The molecule has 0 bridgehead atoms. The van der Waals surface area contributed by atoms with E-state index in [-0.39, 0.29) is 24.3 Å². The van der Waals surface area contributed by atoms with Crippen LogP contribution in [0.25, 0.3) is 0 Å². The van der Waals surface area contributed by atoms with E-state index in [1.807, 2.05) is 60.7 Å². The van der Waals surface area contributed by atoms with Crippen LogP contribution in [-0.4, -0.2) is 60.4 Å². The molecule has 36 heavy (non-hydrogen) atoms. The molecule has 0 saturated carbocycles. The smallest absolute Gasteiger partial charge is 0.247 e. The third kappa shape index (κ3) is 5.60. The molecule has 2 aromatic carbocycles. The number of carbonyl (C=O) groups is 3. The lowest BCUT2D eigenvalue weighted by atomic mass is 9.69. The van der Waals surface area contributed by atoms with Gasteiger partial charge in [0.05, 0.1) is 24.2 Å². The fourth-order valence-electron chi connectivity index (χ4n) is 5.20. The summed E-state index contributed by atoms with van der Waals surface area (Å²) in [5.41, 5.74) is 6.21. The zero-order chi connectivity index (χ0) is 25.8. The van der Waals surface area contributed by atoms with Gasteiger partial charge in [-0.05, 0) is 37.8 Å². The van der Waals surface area contributed by atoms with Crippen molar-refractivity contribution in [1.82, 2.24) is 15.5 Å². The van der Waals surface area contributed by atoms with E-state index >= 15 is 0 Å². The first-order chi connectivity index (χ1) is 17.2. The van der Waals surface area contributed by atoms with Crippen molar-refractivity contribution in [3.05, 3.63) is 71.8 Å². The normalized spacial score (nSPS) is 22.8. The summed E-state index contributed by atoms with van der Waals surface area (Å²) >= 11 is 0. The Bertz CT molecular complexity index is 1070. The minimum Gasteiger partial charge on any atom is -0.374 e. The van der Waals surface area contributed by atoms with E-state index in [1.54, 1.807) is 18.7 Å². The second-order valence-corrected chi connectivity index (χ2v) is 10.4. The van der Waals surface area contributed by atoms with Crippen LogP contribution in [0, 0.1) is 5.41 Å². The highest BCUT2D eigenvalue weighted by Crippen LogP contribution is 2.46. The molecule has 3 atom stereocenters. The number of likely N-dealkylation sites (tertiary alicyclic amines) is 1. The molecule has 4 N–H and O–H groups in total. The number of hydrogen-bond acceptors (Lipinski definition) is 5. The molecular weight excluding hydrogens is 456 g/mol. The Morgan fingerprint density at radius 3 is 2.50 bits per heavy atom. The molecule has 1 spiro atoms. The number of piperidine rings is 1. The van der Waals surface area contributed by atoms with Crippen LogP contribution in [0.5, 0.6) is 0 Å². The van der Waals surface area contributed by atoms with E-state index in [4.69, 9.17) is 10.5 Å². The van der Waals surface area contributed by atoms with Crippen LogP contribution in [0.4, 0.5) is 0 Å². The average molecular weight is 493 g/mol. The van der Waals surface area contributed by atoms with Gasteiger partial charge in [-0.25, -0.2) is 0 Å². The molecule has 2 fully saturated rings. The van der Waals surface area contributed by atoms with Gasteiger partial charge < -0.3 is 26.0 Å². The number of ether oxygens (including phenoxy) is 1. The Morgan fingerprint density at radius 2 is 1.83 bits per heavy atom. The number of nitrogens with two attached hydrogens (primary N) is 1. The largest absolute Gasteiger partial charge is 0.374 e. The van der Waals surface area contributed by atoms with Gasteiger partial charge in [-0.15, -0.1) is 0 Å². The highest BCUT2D eigenvalue weighted by atomic mass is 16.5. The first-order valence-corrected chi connectivity index (χ1v) is 12.5. The van der Waals surface area contributed by atoms with Gasteiger partial charge in [0.2, 0.25) is 17.7 Å². The van der Waals surface area contributed by atoms with Crippen LogP contribution >= 0.6 is 0 Å². The summed E-state index contributed by atoms with van der Waals surface area (Å²) in [6.45, 7) is 4.88. The Labute approximate surface area is 212 Å². The minimum atomic E-state index is -1.15. The van der Waals surface area contributed by atoms with Crippen LogP contribution in [0.1, 0.15) is 43.7 Å². The summed E-state index contributed by atoms with van der Waals surface area (Å²) in [6.07, 6.45) is 1.41. The summed E-state index contributed by atoms with van der Waals surface area (Å²) in [5.74, 6) is -0.729. The molecule has 192 valence electrons. The topological polar surface area (TPSA) is 114 Å². The van der Waals surface area contributed by atoms with Crippen molar-refractivity contribution in [1.29, 1.82) is 0 Å². The maximum atomic E-state index is 13.8. The van der Waals surface area contributed by atoms with Gasteiger partial charge in [-0.3, -0.25) is 14.4 Å². The maximum Gasteiger partial charge on any atom is 0.247 e. The summed E-state index contributed by atoms with van der Waals surface area (Å²) in [4.78, 5) is 41.3. The van der Waals surface area contributed by atoms with Gasteiger partial charge in [0.25, 0.3) is 0 Å². The molecule has 2 heterocycles. The number of hydrogen-bond donors (Lipinski definition) is 3. The molecular formula is C28H36N4O4. The Balaban J connectivity index is 1.52. The second kappa shape index (κ2) is 10.8. The van der Waals surface area contributed by atoms with Gasteiger partial charge in [0.1, 0.15) is 6.04 Å². The number of amides is 3. The maximum absolute atomic E-state index is 13.8. The van der Waals surface area contributed by atoms with Gasteiger partial charge in [-0.2, -0.15) is 0 Å². The highest BCUT2D eigenvalue weighted by molar-refractivity contribution is 5.92. The predicted octanol–water partition coefficient (Wildman–Crippen LogP) is 1.95.